The Balaban J connectivity index is 1.54. The van der Waals surface area contributed by atoms with Gasteiger partial charge in [0.25, 0.3) is 0 Å². The van der Waals surface area contributed by atoms with Crippen LogP contribution in [0.4, 0.5) is 4.39 Å². The standard InChI is InChI=1S/C23H26ClFN2/c1-2-3-4-5-17-6-8-18(9-7-17)10-11-19-15-26-23(27-16-19)20-12-13-21(24)22(25)14-20/h12-18H,2-9H2,1H3/t17-,18-. The molecule has 0 amide bonds. The van der Waals surface area contributed by atoms with E-state index in [1.165, 1.54) is 63.5 Å². The van der Waals surface area contributed by atoms with E-state index in [9.17, 15) is 4.39 Å². The second-order valence-corrected chi connectivity index (χ2v) is 7.81. The number of benzene rings is 1. The Morgan fingerprint density at radius 1 is 1.11 bits per heavy atom. The van der Waals surface area contributed by atoms with E-state index < -0.39 is 5.82 Å². The molecule has 0 N–H and O–H groups in total. The van der Waals surface area contributed by atoms with Gasteiger partial charge in [0.15, 0.2) is 5.82 Å². The van der Waals surface area contributed by atoms with Crippen LogP contribution in [0.25, 0.3) is 11.4 Å². The number of aromatic nitrogens is 2. The minimum Gasteiger partial charge on any atom is -0.235 e. The van der Waals surface area contributed by atoms with E-state index >= 15 is 0 Å². The predicted molar refractivity (Wildman–Crippen MR) is 109 cm³/mol. The summed E-state index contributed by atoms with van der Waals surface area (Å²) in [4.78, 5) is 8.63. The molecule has 1 aliphatic carbocycles. The third-order valence-corrected chi connectivity index (χ3v) is 5.62. The molecular weight excluding hydrogens is 359 g/mol. The van der Waals surface area contributed by atoms with Gasteiger partial charge in [-0.25, -0.2) is 14.4 Å². The highest BCUT2D eigenvalue weighted by atomic mass is 35.5. The normalized spacial score (nSPS) is 19.4. The molecule has 1 aromatic heterocycles. The van der Waals surface area contributed by atoms with Gasteiger partial charge >= 0.3 is 0 Å². The first kappa shape index (κ1) is 19.8. The van der Waals surface area contributed by atoms with Crippen LogP contribution < -0.4 is 0 Å². The Kier molecular flexibility index (Phi) is 7.24. The molecule has 1 saturated carbocycles. The van der Waals surface area contributed by atoms with Crippen LogP contribution in [0.2, 0.25) is 5.02 Å². The van der Waals surface area contributed by atoms with Gasteiger partial charge in [-0.05, 0) is 49.8 Å². The second kappa shape index (κ2) is 9.85. The van der Waals surface area contributed by atoms with E-state index in [-0.39, 0.29) is 5.02 Å². The Labute approximate surface area is 166 Å². The maximum Gasteiger partial charge on any atom is 0.159 e. The summed E-state index contributed by atoms with van der Waals surface area (Å²) < 4.78 is 13.6. The molecule has 0 radical (unpaired) electrons. The quantitative estimate of drug-likeness (QED) is 0.424. The molecule has 27 heavy (non-hydrogen) atoms. The molecular formula is C23H26ClFN2. The molecule has 0 unspecified atom stereocenters. The zero-order valence-electron chi connectivity index (χ0n) is 15.8. The van der Waals surface area contributed by atoms with Gasteiger partial charge < -0.3 is 0 Å². The number of hydrogen-bond acceptors (Lipinski definition) is 2. The van der Waals surface area contributed by atoms with Gasteiger partial charge in [0, 0.05) is 23.9 Å². The number of hydrogen-bond donors (Lipinski definition) is 0. The monoisotopic (exact) mass is 384 g/mol. The van der Waals surface area contributed by atoms with E-state index in [0.29, 0.717) is 17.3 Å². The molecule has 0 bridgehead atoms. The third-order valence-electron chi connectivity index (χ3n) is 5.31. The fourth-order valence-corrected chi connectivity index (χ4v) is 3.76. The van der Waals surface area contributed by atoms with E-state index in [0.717, 1.165) is 11.5 Å². The summed E-state index contributed by atoms with van der Waals surface area (Å²) in [5, 5.41) is 0.0984. The summed E-state index contributed by atoms with van der Waals surface area (Å²) in [5.41, 5.74) is 1.41. The van der Waals surface area contributed by atoms with E-state index in [2.05, 4.69) is 28.7 Å². The van der Waals surface area contributed by atoms with Crippen LogP contribution in [0.3, 0.4) is 0 Å². The SMILES string of the molecule is CCCCC[C@H]1CC[C@H](C#Cc2cnc(-c3ccc(Cl)c(F)c3)nc2)CC1. The Hall–Kier alpha value is -1.92. The predicted octanol–water partition coefficient (Wildman–Crippen LogP) is 6.67. The molecule has 2 nitrogen and oxygen atoms in total. The number of halogens is 2. The minimum atomic E-state index is -0.466. The highest BCUT2D eigenvalue weighted by Crippen LogP contribution is 2.31. The van der Waals surface area contributed by atoms with Gasteiger partial charge in [-0.2, -0.15) is 0 Å². The molecule has 1 aliphatic rings. The van der Waals surface area contributed by atoms with Gasteiger partial charge in [-0.3, -0.25) is 0 Å². The number of rotatable bonds is 5. The third kappa shape index (κ3) is 5.78. The van der Waals surface area contributed by atoms with Crippen molar-refractivity contribution >= 4 is 11.6 Å². The van der Waals surface area contributed by atoms with E-state index in [1.807, 2.05) is 0 Å². The second-order valence-electron chi connectivity index (χ2n) is 7.41. The Morgan fingerprint density at radius 3 is 2.52 bits per heavy atom. The van der Waals surface area contributed by atoms with Crippen molar-refractivity contribution in [2.75, 3.05) is 0 Å². The summed E-state index contributed by atoms with van der Waals surface area (Å²) in [6.07, 6.45) is 13.8. The Bertz CT molecular complexity index is 799. The Morgan fingerprint density at radius 2 is 1.85 bits per heavy atom. The highest BCUT2D eigenvalue weighted by molar-refractivity contribution is 6.30. The average Bonchev–Trinajstić information content (AvgIpc) is 2.70. The molecule has 0 atom stereocenters. The summed E-state index contributed by atoms with van der Waals surface area (Å²) in [5.74, 6) is 8.00. The molecule has 2 aromatic rings. The van der Waals surface area contributed by atoms with Gasteiger partial charge in [0.05, 0.1) is 10.6 Å². The number of nitrogens with zero attached hydrogens (tertiary/aromatic N) is 2. The van der Waals surface area contributed by atoms with Crippen molar-refractivity contribution in [1.82, 2.24) is 9.97 Å². The van der Waals surface area contributed by atoms with Crippen LogP contribution in [-0.2, 0) is 0 Å². The summed E-state index contributed by atoms with van der Waals surface area (Å²) >= 11 is 5.71. The first-order chi connectivity index (χ1) is 13.2. The van der Waals surface area contributed by atoms with Gasteiger partial charge in [0.2, 0.25) is 0 Å². The van der Waals surface area contributed by atoms with Crippen molar-refractivity contribution in [2.24, 2.45) is 11.8 Å². The van der Waals surface area contributed by atoms with Crippen molar-refractivity contribution in [3.05, 3.63) is 47.0 Å². The molecule has 142 valence electrons. The minimum absolute atomic E-state index is 0.0984. The fourth-order valence-electron chi connectivity index (χ4n) is 3.64. The van der Waals surface area contributed by atoms with E-state index in [4.69, 9.17) is 11.6 Å². The van der Waals surface area contributed by atoms with Crippen LogP contribution in [0.5, 0.6) is 0 Å². The summed E-state index contributed by atoms with van der Waals surface area (Å²) in [6, 6.07) is 4.58. The lowest BCUT2D eigenvalue weighted by Crippen LogP contribution is -2.13. The van der Waals surface area contributed by atoms with Crippen LogP contribution >= 0.6 is 11.6 Å². The van der Waals surface area contributed by atoms with Crippen molar-refractivity contribution in [3.8, 4) is 23.2 Å². The zero-order chi connectivity index (χ0) is 19.1. The maximum atomic E-state index is 13.6. The zero-order valence-corrected chi connectivity index (χ0v) is 16.6. The van der Waals surface area contributed by atoms with Crippen molar-refractivity contribution in [3.63, 3.8) is 0 Å². The van der Waals surface area contributed by atoms with Crippen molar-refractivity contribution in [1.29, 1.82) is 0 Å². The molecule has 3 rings (SSSR count). The van der Waals surface area contributed by atoms with Crippen LogP contribution in [0.1, 0.15) is 63.9 Å². The lowest BCUT2D eigenvalue weighted by atomic mass is 9.80. The lowest BCUT2D eigenvalue weighted by molar-refractivity contribution is 0.294. The topological polar surface area (TPSA) is 25.8 Å². The van der Waals surface area contributed by atoms with Crippen LogP contribution in [0.15, 0.2) is 30.6 Å². The summed E-state index contributed by atoms with van der Waals surface area (Å²) in [6.45, 7) is 2.26. The van der Waals surface area contributed by atoms with Crippen molar-refractivity contribution < 1.29 is 4.39 Å². The lowest BCUT2D eigenvalue weighted by Gasteiger charge is -2.25. The average molecular weight is 385 g/mol. The maximum absolute atomic E-state index is 13.6. The first-order valence-corrected chi connectivity index (χ1v) is 10.3. The van der Waals surface area contributed by atoms with Crippen LogP contribution in [-0.4, -0.2) is 9.97 Å². The number of unbranched alkanes of at least 4 members (excludes halogenated alkanes) is 2. The highest BCUT2D eigenvalue weighted by Gasteiger charge is 2.19. The van der Waals surface area contributed by atoms with Gasteiger partial charge in [-0.1, -0.05) is 56.0 Å². The van der Waals surface area contributed by atoms with Gasteiger partial charge in [-0.15, -0.1) is 0 Å². The molecule has 0 saturated heterocycles. The molecule has 4 heteroatoms. The summed E-state index contributed by atoms with van der Waals surface area (Å²) in [7, 11) is 0. The largest absolute Gasteiger partial charge is 0.235 e. The first-order valence-electron chi connectivity index (χ1n) is 9.94. The van der Waals surface area contributed by atoms with Crippen molar-refractivity contribution in [2.45, 2.75) is 58.3 Å². The molecule has 0 spiro atoms. The van der Waals surface area contributed by atoms with Crippen LogP contribution in [0, 0.1) is 29.5 Å². The van der Waals surface area contributed by atoms with Gasteiger partial charge in [0.1, 0.15) is 5.82 Å². The fraction of sp³-hybridized carbons (Fsp3) is 0.478. The molecule has 0 aliphatic heterocycles. The smallest absolute Gasteiger partial charge is 0.159 e. The molecule has 1 aromatic carbocycles. The molecule has 1 fully saturated rings. The van der Waals surface area contributed by atoms with E-state index in [1.54, 1.807) is 18.5 Å². The molecule has 1 heterocycles.